The first-order valence-electron chi connectivity index (χ1n) is 13.8. The Morgan fingerprint density at radius 2 is 1.32 bits per heavy atom. The third-order valence-corrected chi connectivity index (χ3v) is 9.36. The van der Waals surface area contributed by atoms with Crippen LogP contribution in [0.5, 0.6) is 0 Å². The SMILES string of the molecule is c1ccc(-c2cc3ccccc3n2-c2cccc(-n3c4cccnc4c4c5sc6ccccc6c5ccc43)c2)cc1. The van der Waals surface area contributed by atoms with Crippen molar-refractivity contribution < 1.29 is 0 Å². The minimum absolute atomic E-state index is 1.04. The Bertz CT molecular complexity index is 2420. The summed E-state index contributed by atoms with van der Waals surface area (Å²) < 4.78 is 7.36. The van der Waals surface area contributed by atoms with Gasteiger partial charge in [-0.1, -0.05) is 78.9 Å². The highest BCUT2D eigenvalue weighted by atomic mass is 32.1. The molecule has 0 atom stereocenters. The van der Waals surface area contributed by atoms with Crippen LogP contribution in [0.3, 0.4) is 0 Å². The van der Waals surface area contributed by atoms with Crippen molar-refractivity contribution in [3.8, 4) is 22.6 Å². The number of fused-ring (bicyclic) bond motifs is 8. The Morgan fingerprint density at radius 3 is 2.24 bits per heavy atom. The van der Waals surface area contributed by atoms with Gasteiger partial charge in [-0.05, 0) is 60.2 Å². The van der Waals surface area contributed by atoms with Crippen molar-refractivity contribution in [2.45, 2.75) is 0 Å². The number of nitrogens with zero attached hydrogens (tertiary/aromatic N) is 3. The van der Waals surface area contributed by atoms with E-state index in [1.165, 1.54) is 53.2 Å². The molecule has 192 valence electrons. The molecule has 0 N–H and O–H groups in total. The second-order valence-electron chi connectivity index (χ2n) is 10.5. The topological polar surface area (TPSA) is 22.8 Å². The van der Waals surface area contributed by atoms with Crippen LogP contribution in [0.4, 0.5) is 0 Å². The van der Waals surface area contributed by atoms with Crippen LogP contribution in [0.25, 0.3) is 75.6 Å². The van der Waals surface area contributed by atoms with Gasteiger partial charge in [0.25, 0.3) is 0 Å². The van der Waals surface area contributed by atoms with E-state index in [2.05, 4.69) is 137 Å². The van der Waals surface area contributed by atoms with Gasteiger partial charge in [-0.3, -0.25) is 4.98 Å². The molecule has 0 unspecified atom stereocenters. The Labute approximate surface area is 240 Å². The summed E-state index contributed by atoms with van der Waals surface area (Å²) in [5.41, 5.74) is 9.15. The summed E-state index contributed by atoms with van der Waals surface area (Å²) in [6, 6.07) is 47.9. The summed E-state index contributed by atoms with van der Waals surface area (Å²) in [5.74, 6) is 0. The third-order valence-electron chi connectivity index (χ3n) is 8.16. The molecule has 0 aliphatic carbocycles. The van der Waals surface area contributed by atoms with Crippen LogP contribution >= 0.6 is 11.3 Å². The quantitative estimate of drug-likeness (QED) is 0.218. The molecule has 41 heavy (non-hydrogen) atoms. The number of thiophene rings is 1. The van der Waals surface area contributed by atoms with Crippen molar-refractivity contribution in [2.24, 2.45) is 0 Å². The van der Waals surface area contributed by atoms with Crippen molar-refractivity contribution in [1.29, 1.82) is 0 Å². The number of para-hydroxylation sites is 1. The maximum absolute atomic E-state index is 4.92. The van der Waals surface area contributed by atoms with Gasteiger partial charge in [-0.25, -0.2) is 0 Å². The molecule has 4 aromatic heterocycles. The largest absolute Gasteiger partial charge is 0.309 e. The number of pyridine rings is 1. The van der Waals surface area contributed by atoms with Crippen LogP contribution in [0.1, 0.15) is 0 Å². The molecule has 0 bridgehead atoms. The lowest BCUT2D eigenvalue weighted by molar-refractivity contribution is 1.11. The monoisotopic (exact) mass is 541 g/mol. The molecule has 0 fully saturated rings. The molecule has 4 heteroatoms. The van der Waals surface area contributed by atoms with Crippen LogP contribution in [-0.4, -0.2) is 14.1 Å². The van der Waals surface area contributed by atoms with Crippen LogP contribution < -0.4 is 0 Å². The molecule has 0 amide bonds. The predicted octanol–water partition coefficient (Wildman–Crippen LogP) is 10.2. The van der Waals surface area contributed by atoms with E-state index in [0.29, 0.717) is 0 Å². The van der Waals surface area contributed by atoms with E-state index in [0.717, 1.165) is 22.4 Å². The zero-order valence-corrected chi connectivity index (χ0v) is 22.8. The predicted molar refractivity (Wildman–Crippen MR) is 174 cm³/mol. The van der Waals surface area contributed by atoms with Gasteiger partial charge in [0.05, 0.1) is 27.8 Å². The van der Waals surface area contributed by atoms with E-state index in [4.69, 9.17) is 4.98 Å². The van der Waals surface area contributed by atoms with Crippen molar-refractivity contribution in [3.05, 3.63) is 140 Å². The summed E-state index contributed by atoms with van der Waals surface area (Å²) in [6.45, 7) is 0. The smallest absolute Gasteiger partial charge is 0.0977 e. The van der Waals surface area contributed by atoms with E-state index in [-0.39, 0.29) is 0 Å². The Hall–Kier alpha value is -5.19. The molecular weight excluding hydrogens is 518 g/mol. The highest BCUT2D eigenvalue weighted by Gasteiger charge is 2.19. The van der Waals surface area contributed by atoms with Gasteiger partial charge in [0, 0.05) is 48.5 Å². The normalized spacial score (nSPS) is 11.9. The van der Waals surface area contributed by atoms with E-state index < -0.39 is 0 Å². The van der Waals surface area contributed by atoms with Gasteiger partial charge in [0.15, 0.2) is 0 Å². The molecule has 3 nitrogen and oxygen atoms in total. The molecule has 4 heterocycles. The van der Waals surface area contributed by atoms with Crippen molar-refractivity contribution in [1.82, 2.24) is 14.1 Å². The van der Waals surface area contributed by atoms with Crippen LogP contribution in [0.15, 0.2) is 140 Å². The first-order valence-corrected chi connectivity index (χ1v) is 14.6. The fourth-order valence-corrected chi connectivity index (χ4v) is 7.64. The van der Waals surface area contributed by atoms with Gasteiger partial charge in [0.2, 0.25) is 0 Å². The summed E-state index contributed by atoms with van der Waals surface area (Å²) in [6.07, 6.45) is 1.91. The van der Waals surface area contributed by atoms with Gasteiger partial charge >= 0.3 is 0 Å². The molecule has 0 spiro atoms. The zero-order chi connectivity index (χ0) is 26.9. The number of rotatable bonds is 3. The highest BCUT2D eigenvalue weighted by molar-refractivity contribution is 7.26. The molecule has 9 rings (SSSR count). The molecule has 9 aromatic rings. The third kappa shape index (κ3) is 3.28. The highest BCUT2D eigenvalue weighted by Crippen LogP contribution is 2.43. The zero-order valence-electron chi connectivity index (χ0n) is 22.0. The van der Waals surface area contributed by atoms with Gasteiger partial charge < -0.3 is 9.13 Å². The fourth-order valence-electron chi connectivity index (χ4n) is 6.40. The Kier molecular flexibility index (Phi) is 4.77. The number of hydrogen-bond acceptors (Lipinski definition) is 2. The standard InChI is InChI=1S/C37H23N3S/c1-2-10-24(11-3-1)33-22-25-12-4-6-16-30(25)39(33)26-13-8-14-27(23-26)40-31-20-19-29-28-15-5-7-18-34(28)41-37(29)35(31)36-32(40)17-9-21-38-36/h1-23H. The molecular formula is C37H23N3S. The summed E-state index contributed by atoms with van der Waals surface area (Å²) in [4.78, 5) is 4.92. The Morgan fingerprint density at radius 1 is 0.537 bits per heavy atom. The molecule has 0 aliphatic heterocycles. The van der Waals surface area contributed by atoms with Crippen LogP contribution in [0.2, 0.25) is 0 Å². The van der Waals surface area contributed by atoms with Crippen molar-refractivity contribution in [2.75, 3.05) is 0 Å². The first-order chi connectivity index (χ1) is 20.3. The number of aromatic nitrogens is 3. The van der Waals surface area contributed by atoms with Crippen molar-refractivity contribution in [3.63, 3.8) is 0 Å². The lowest BCUT2D eigenvalue weighted by Crippen LogP contribution is -2.00. The summed E-state index contributed by atoms with van der Waals surface area (Å²) >= 11 is 1.86. The van der Waals surface area contributed by atoms with Gasteiger partial charge in [-0.15, -0.1) is 11.3 Å². The molecule has 0 radical (unpaired) electrons. The van der Waals surface area contributed by atoms with Gasteiger partial charge in [0.1, 0.15) is 0 Å². The molecule has 0 saturated heterocycles. The lowest BCUT2D eigenvalue weighted by atomic mass is 10.1. The molecule has 0 aliphatic rings. The Balaban J connectivity index is 1.34. The second-order valence-corrected chi connectivity index (χ2v) is 11.5. The van der Waals surface area contributed by atoms with E-state index in [1.54, 1.807) is 0 Å². The maximum Gasteiger partial charge on any atom is 0.0977 e. The van der Waals surface area contributed by atoms with Crippen LogP contribution in [-0.2, 0) is 0 Å². The average Bonchev–Trinajstić information content (AvgIpc) is 3.71. The number of benzene rings is 5. The molecule has 0 saturated carbocycles. The summed E-state index contributed by atoms with van der Waals surface area (Å²) in [7, 11) is 0. The first kappa shape index (κ1) is 22.6. The average molecular weight is 542 g/mol. The van der Waals surface area contributed by atoms with Gasteiger partial charge in [-0.2, -0.15) is 0 Å². The molecule has 5 aromatic carbocycles. The maximum atomic E-state index is 4.92. The minimum Gasteiger partial charge on any atom is -0.309 e. The van der Waals surface area contributed by atoms with Crippen molar-refractivity contribution >= 4 is 64.3 Å². The van der Waals surface area contributed by atoms with E-state index >= 15 is 0 Å². The summed E-state index contributed by atoms with van der Waals surface area (Å²) in [5, 5.41) is 5.05. The second kappa shape index (κ2) is 8.65. The number of hydrogen-bond donors (Lipinski definition) is 0. The minimum atomic E-state index is 1.04. The fraction of sp³-hybridized carbons (Fsp3) is 0. The van der Waals surface area contributed by atoms with E-state index in [9.17, 15) is 0 Å². The van der Waals surface area contributed by atoms with E-state index in [1.807, 2.05) is 23.6 Å². The lowest BCUT2D eigenvalue weighted by Gasteiger charge is -2.14. The van der Waals surface area contributed by atoms with Crippen LogP contribution in [0, 0.1) is 0 Å².